The van der Waals surface area contributed by atoms with Gasteiger partial charge in [0.1, 0.15) is 5.57 Å². The number of anilines is 3. The normalized spacial score (nSPS) is 15.7. The van der Waals surface area contributed by atoms with E-state index in [1.165, 1.54) is 6.20 Å². The summed E-state index contributed by atoms with van der Waals surface area (Å²) >= 11 is 0. The maximum atomic E-state index is 13.3. The number of carbonyl (C=O) groups is 2. The van der Waals surface area contributed by atoms with E-state index in [9.17, 15) is 22.8 Å². The van der Waals surface area contributed by atoms with Crippen molar-refractivity contribution in [1.82, 2.24) is 5.32 Å². The Balaban J connectivity index is 2.12. The fourth-order valence-corrected chi connectivity index (χ4v) is 2.93. The molecular formula is C21H20F3N3O2. The summed E-state index contributed by atoms with van der Waals surface area (Å²) in [7, 11) is 0. The molecular weight excluding hydrogens is 383 g/mol. The van der Waals surface area contributed by atoms with E-state index < -0.39 is 23.6 Å². The molecule has 2 aromatic carbocycles. The van der Waals surface area contributed by atoms with Gasteiger partial charge in [-0.05, 0) is 36.8 Å². The Bertz CT molecular complexity index is 940. The summed E-state index contributed by atoms with van der Waals surface area (Å²) < 4.78 is 39.8. The molecule has 1 aliphatic rings. The smallest absolute Gasteiger partial charge is 0.390 e. The second kappa shape index (κ2) is 8.38. The molecule has 2 amide bonds. The maximum Gasteiger partial charge on any atom is 0.416 e. The number of carbonyl (C=O) groups excluding carboxylic acids is 2. The summed E-state index contributed by atoms with van der Waals surface area (Å²) in [5.41, 5.74) is -0.657. The first kappa shape index (κ1) is 20.4. The molecule has 2 aromatic rings. The number of hydrogen-bond donors (Lipinski definition) is 2. The van der Waals surface area contributed by atoms with Crippen molar-refractivity contribution >= 4 is 28.9 Å². The largest absolute Gasteiger partial charge is 0.416 e. The van der Waals surface area contributed by atoms with Crippen molar-refractivity contribution in [2.24, 2.45) is 0 Å². The lowest BCUT2D eigenvalue weighted by molar-refractivity contribution is -0.137. The van der Waals surface area contributed by atoms with Gasteiger partial charge in [0.2, 0.25) is 0 Å². The third kappa shape index (κ3) is 4.42. The van der Waals surface area contributed by atoms with E-state index in [4.69, 9.17) is 0 Å². The molecule has 2 N–H and O–H groups in total. The molecule has 1 aliphatic heterocycles. The first-order valence-corrected chi connectivity index (χ1v) is 9.18. The Labute approximate surface area is 166 Å². The highest BCUT2D eigenvalue weighted by molar-refractivity contribution is 6.31. The summed E-state index contributed by atoms with van der Waals surface area (Å²) in [5.74, 6) is -1.39. The number of nitrogens with one attached hydrogen (secondary N) is 2. The molecule has 5 nitrogen and oxygen atoms in total. The number of nitrogens with zero attached hydrogens (tertiary/aromatic N) is 1. The minimum absolute atomic E-state index is 0.0404. The van der Waals surface area contributed by atoms with E-state index in [1.807, 2.05) is 6.92 Å². The third-order valence-electron chi connectivity index (χ3n) is 4.43. The Morgan fingerprint density at radius 2 is 1.83 bits per heavy atom. The van der Waals surface area contributed by atoms with Crippen molar-refractivity contribution in [1.29, 1.82) is 0 Å². The van der Waals surface area contributed by atoms with Gasteiger partial charge in [-0.25, -0.2) is 0 Å². The van der Waals surface area contributed by atoms with Crippen molar-refractivity contribution in [3.05, 3.63) is 65.9 Å². The molecule has 0 aliphatic carbocycles. The topological polar surface area (TPSA) is 61.4 Å². The van der Waals surface area contributed by atoms with Gasteiger partial charge in [0.15, 0.2) is 0 Å². The lowest BCUT2D eigenvalue weighted by atomic mass is 10.1. The molecule has 8 heteroatoms. The first-order valence-electron chi connectivity index (χ1n) is 9.18. The predicted molar refractivity (Wildman–Crippen MR) is 105 cm³/mol. The zero-order chi connectivity index (χ0) is 21.0. The third-order valence-corrected chi connectivity index (χ3v) is 4.43. The van der Waals surface area contributed by atoms with Gasteiger partial charge < -0.3 is 10.6 Å². The van der Waals surface area contributed by atoms with E-state index in [0.717, 1.165) is 35.9 Å². The Morgan fingerprint density at radius 3 is 2.48 bits per heavy atom. The number of hydrogen-bond acceptors (Lipinski definition) is 3. The Hall–Kier alpha value is -3.29. The lowest BCUT2D eigenvalue weighted by Crippen LogP contribution is -2.30. The van der Waals surface area contributed by atoms with E-state index in [2.05, 4.69) is 10.6 Å². The van der Waals surface area contributed by atoms with Crippen LogP contribution in [0.15, 0.2) is 60.3 Å². The van der Waals surface area contributed by atoms with Crippen LogP contribution in [0.2, 0.25) is 0 Å². The molecule has 0 fully saturated rings. The first-order chi connectivity index (χ1) is 13.8. The van der Waals surface area contributed by atoms with Gasteiger partial charge in [-0.3, -0.25) is 14.5 Å². The van der Waals surface area contributed by atoms with E-state index in [1.54, 1.807) is 30.3 Å². The fourth-order valence-electron chi connectivity index (χ4n) is 2.93. The summed E-state index contributed by atoms with van der Waals surface area (Å²) in [6.07, 6.45) is -1.49. The average molecular weight is 403 g/mol. The highest BCUT2D eigenvalue weighted by atomic mass is 19.4. The standard InChI is InChI=1S/C21H20F3N3O2/c1-2-3-11-25-13-16-19(28)26-17-10-9-14(21(22,23)24)12-18(17)27(20(16)29)15-7-5-4-6-8-15/h4-10,12-13,25H,2-3,11H2,1H3,(H,26,28)/b16-13-. The second-order valence-electron chi connectivity index (χ2n) is 6.53. The monoisotopic (exact) mass is 403 g/mol. The van der Waals surface area contributed by atoms with Crippen molar-refractivity contribution in [3.63, 3.8) is 0 Å². The van der Waals surface area contributed by atoms with Gasteiger partial charge in [0, 0.05) is 18.4 Å². The number of halogens is 3. The molecule has 0 saturated heterocycles. The van der Waals surface area contributed by atoms with Gasteiger partial charge in [0.25, 0.3) is 11.8 Å². The van der Waals surface area contributed by atoms with E-state index in [0.29, 0.717) is 12.2 Å². The van der Waals surface area contributed by atoms with Crippen molar-refractivity contribution in [2.75, 3.05) is 16.8 Å². The summed E-state index contributed by atoms with van der Waals surface area (Å²) in [4.78, 5) is 27.0. The minimum Gasteiger partial charge on any atom is -0.390 e. The van der Waals surface area contributed by atoms with Crippen LogP contribution in [0.3, 0.4) is 0 Å². The molecule has 0 unspecified atom stereocenters. The molecule has 29 heavy (non-hydrogen) atoms. The zero-order valence-electron chi connectivity index (χ0n) is 15.7. The van der Waals surface area contributed by atoms with E-state index in [-0.39, 0.29) is 16.9 Å². The highest BCUT2D eigenvalue weighted by Crippen LogP contribution is 2.40. The van der Waals surface area contributed by atoms with Crippen LogP contribution >= 0.6 is 0 Å². The van der Waals surface area contributed by atoms with Crippen LogP contribution in [-0.2, 0) is 15.8 Å². The van der Waals surface area contributed by atoms with Crippen molar-refractivity contribution < 1.29 is 22.8 Å². The van der Waals surface area contributed by atoms with Crippen LogP contribution in [0.25, 0.3) is 0 Å². The van der Waals surface area contributed by atoms with E-state index >= 15 is 0 Å². The SMILES string of the molecule is CCCCN/C=C1/C(=O)Nc2ccc(C(F)(F)F)cc2N(c2ccccc2)C1=O. The van der Waals surface area contributed by atoms with Gasteiger partial charge in [0.05, 0.1) is 16.9 Å². The number of alkyl halides is 3. The number of amides is 2. The number of benzene rings is 2. The molecule has 0 atom stereocenters. The van der Waals surface area contributed by atoms with Crippen LogP contribution in [-0.4, -0.2) is 18.4 Å². The van der Waals surface area contributed by atoms with Crippen LogP contribution < -0.4 is 15.5 Å². The molecule has 152 valence electrons. The molecule has 3 rings (SSSR count). The summed E-state index contributed by atoms with van der Waals surface area (Å²) in [5, 5.41) is 5.47. The molecule has 0 saturated carbocycles. The van der Waals surface area contributed by atoms with Crippen molar-refractivity contribution in [2.45, 2.75) is 25.9 Å². The van der Waals surface area contributed by atoms with Gasteiger partial charge in [-0.1, -0.05) is 31.5 Å². The van der Waals surface area contributed by atoms with Gasteiger partial charge in [-0.2, -0.15) is 13.2 Å². The Morgan fingerprint density at radius 1 is 1.10 bits per heavy atom. The van der Waals surface area contributed by atoms with Crippen LogP contribution in [0.1, 0.15) is 25.3 Å². The number of rotatable bonds is 5. The average Bonchev–Trinajstić information content (AvgIpc) is 2.78. The van der Waals surface area contributed by atoms with Crippen LogP contribution in [0.4, 0.5) is 30.2 Å². The maximum absolute atomic E-state index is 13.3. The fraction of sp³-hybridized carbons (Fsp3) is 0.238. The van der Waals surface area contributed by atoms with Crippen molar-refractivity contribution in [3.8, 4) is 0 Å². The second-order valence-corrected chi connectivity index (χ2v) is 6.53. The van der Waals surface area contributed by atoms with Gasteiger partial charge in [-0.15, -0.1) is 0 Å². The number of fused-ring (bicyclic) bond motifs is 1. The predicted octanol–water partition coefficient (Wildman–Crippen LogP) is 4.60. The van der Waals surface area contributed by atoms with Gasteiger partial charge >= 0.3 is 6.18 Å². The lowest BCUT2D eigenvalue weighted by Gasteiger charge is -2.23. The quantitative estimate of drug-likeness (QED) is 0.436. The molecule has 0 radical (unpaired) electrons. The zero-order valence-corrected chi connectivity index (χ0v) is 15.7. The molecule has 0 spiro atoms. The van der Waals surface area contributed by atoms with Crippen LogP contribution in [0.5, 0.6) is 0 Å². The van der Waals surface area contributed by atoms with Crippen LogP contribution in [0, 0.1) is 0 Å². The Kier molecular flexibility index (Phi) is 5.91. The number of unbranched alkanes of at least 4 members (excludes halogenated alkanes) is 1. The highest BCUT2D eigenvalue weighted by Gasteiger charge is 2.36. The summed E-state index contributed by atoms with van der Waals surface area (Å²) in [6.45, 7) is 2.57. The minimum atomic E-state index is -4.59. The molecule has 0 aromatic heterocycles. The molecule has 0 bridgehead atoms. The summed E-state index contributed by atoms with van der Waals surface area (Å²) in [6, 6.07) is 11.2. The number of para-hydroxylation sites is 1. The molecule has 1 heterocycles.